The Balaban J connectivity index is 0.00000169. The van der Waals surface area contributed by atoms with E-state index in [2.05, 4.69) is 27.3 Å². The SMILES string of the molecule is Cl.Cl.Nc1ccc(C(=O)NCC2CN(Cc3ccccc3)CCO2)nc1. The quantitative estimate of drug-likeness (QED) is 0.806. The molecule has 1 saturated heterocycles. The number of aromatic nitrogens is 1. The molecule has 6 nitrogen and oxygen atoms in total. The fourth-order valence-electron chi connectivity index (χ4n) is 2.73. The average molecular weight is 399 g/mol. The number of amides is 1. The number of hydrogen-bond acceptors (Lipinski definition) is 5. The average Bonchev–Trinajstić information content (AvgIpc) is 2.61. The maximum atomic E-state index is 12.1. The monoisotopic (exact) mass is 398 g/mol. The first-order valence-corrected chi connectivity index (χ1v) is 8.08. The van der Waals surface area contributed by atoms with Crippen LogP contribution in [-0.2, 0) is 11.3 Å². The van der Waals surface area contributed by atoms with Gasteiger partial charge >= 0.3 is 0 Å². The molecule has 26 heavy (non-hydrogen) atoms. The predicted octanol–water partition coefficient (Wildman–Crippen LogP) is 2.14. The van der Waals surface area contributed by atoms with Crippen LogP contribution in [-0.4, -0.2) is 48.1 Å². The molecule has 1 aliphatic heterocycles. The van der Waals surface area contributed by atoms with E-state index in [1.807, 2.05) is 18.2 Å². The van der Waals surface area contributed by atoms with E-state index in [4.69, 9.17) is 10.5 Å². The lowest BCUT2D eigenvalue weighted by Gasteiger charge is -2.33. The van der Waals surface area contributed by atoms with E-state index in [9.17, 15) is 4.79 Å². The first kappa shape index (κ1) is 22.2. The maximum Gasteiger partial charge on any atom is 0.269 e. The molecule has 3 rings (SSSR count). The molecule has 0 bridgehead atoms. The fourth-order valence-corrected chi connectivity index (χ4v) is 2.73. The molecule has 1 unspecified atom stereocenters. The molecule has 142 valence electrons. The van der Waals surface area contributed by atoms with Crippen LogP contribution in [0.25, 0.3) is 0 Å². The van der Waals surface area contributed by atoms with E-state index in [1.165, 1.54) is 11.8 Å². The Morgan fingerprint density at radius 2 is 2.00 bits per heavy atom. The summed E-state index contributed by atoms with van der Waals surface area (Å²) in [6.45, 7) is 3.74. The second kappa shape index (κ2) is 11.0. The first-order valence-electron chi connectivity index (χ1n) is 8.08. The van der Waals surface area contributed by atoms with Crippen molar-refractivity contribution in [2.24, 2.45) is 0 Å². The number of benzene rings is 1. The van der Waals surface area contributed by atoms with Crippen LogP contribution in [0.2, 0.25) is 0 Å². The minimum absolute atomic E-state index is 0. The van der Waals surface area contributed by atoms with Gasteiger partial charge in [0.25, 0.3) is 5.91 Å². The number of ether oxygens (including phenoxy) is 1. The Hall–Kier alpha value is -1.86. The van der Waals surface area contributed by atoms with Crippen LogP contribution in [0.4, 0.5) is 5.69 Å². The van der Waals surface area contributed by atoms with Crippen LogP contribution in [0.15, 0.2) is 48.7 Å². The second-order valence-corrected chi connectivity index (χ2v) is 5.90. The Labute approximate surface area is 165 Å². The van der Waals surface area contributed by atoms with Crippen molar-refractivity contribution in [2.75, 3.05) is 32.0 Å². The van der Waals surface area contributed by atoms with Crippen molar-refractivity contribution in [2.45, 2.75) is 12.6 Å². The lowest BCUT2D eigenvalue weighted by Crippen LogP contribution is -2.47. The number of carbonyl (C=O) groups is 1. The maximum absolute atomic E-state index is 12.1. The summed E-state index contributed by atoms with van der Waals surface area (Å²) in [6, 6.07) is 13.7. The number of halogens is 2. The van der Waals surface area contributed by atoms with Crippen molar-refractivity contribution in [3.63, 3.8) is 0 Å². The highest BCUT2D eigenvalue weighted by molar-refractivity contribution is 5.92. The topological polar surface area (TPSA) is 80.5 Å². The number of nitrogens with zero attached hydrogens (tertiary/aromatic N) is 2. The lowest BCUT2D eigenvalue weighted by molar-refractivity contribution is -0.0292. The summed E-state index contributed by atoms with van der Waals surface area (Å²) >= 11 is 0. The Morgan fingerprint density at radius 3 is 2.69 bits per heavy atom. The molecule has 1 aromatic heterocycles. The van der Waals surface area contributed by atoms with Crippen LogP contribution < -0.4 is 11.1 Å². The molecule has 1 fully saturated rings. The summed E-state index contributed by atoms with van der Waals surface area (Å²) in [4.78, 5) is 18.5. The van der Waals surface area contributed by atoms with Crippen molar-refractivity contribution >= 4 is 36.4 Å². The number of pyridine rings is 1. The van der Waals surface area contributed by atoms with Gasteiger partial charge in [0.1, 0.15) is 5.69 Å². The number of hydrogen-bond donors (Lipinski definition) is 2. The van der Waals surface area contributed by atoms with Gasteiger partial charge in [0.05, 0.1) is 24.6 Å². The first-order chi connectivity index (χ1) is 11.7. The Morgan fingerprint density at radius 1 is 1.23 bits per heavy atom. The zero-order valence-corrected chi connectivity index (χ0v) is 16.0. The molecule has 0 saturated carbocycles. The Bertz CT molecular complexity index is 671. The summed E-state index contributed by atoms with van der Waals surface area (Å²) in [5.74, 6) is -0.209. The number of nitrogens with two attached hydrogens (primary N) is 1. The van der Waals surface area contributed by atoms with Crippen LogP contribution in [0.3, 0.4) is 0 Å². The molecular formula is C18H24Cl2N4O2. The van der Waals surface area contributed by atoms with Gasteiger partial charge in [-0.2, -0.15) is 0 Å². The van der Waals surface area contributed by atoms with Crippen LogP contribution >= 0.6 is 24.8 Å². The molecule has 1 atom stereocenters. The number of rotatable bonds is 5. The number of carbonyl (C=O) groups excluding carboxylic acids is 1. The van der Waals surface area contributed by atoms with Gasteiger partial charge in [0.2, 0.25) is 0 Å². The number of anilines is 1. The Kier molecular flexibility index (Phi) is 9.37. The van der Waals surface area contributed by atoms with Crippen molar-refractivity contribution in [3.05, 3.63) is 59.9 Å². The van der Waals surface area contributed by atoms with Gasteiger partial charge < -0.3 is 15.8 Å². The minimum atomic E-state index is -0.209. The molecule has 2 heterocycles. The van der Waals surface area contributed by atoms with E-state index in [-0.39, 0.29) is 36.8 Å². The zero-order valence-electron chi connectivity index (χ0n) is 14.3. The van der Waals surface area contributed by atoms with Gasteiger partial charge in [0, 0.05) is 26.2 Å². The molecule has 0 radical (unpaired) electrons. The molecule has 8 heteroatoms. The summed E-state index contributed by atoms with van der Waals surface area (Å²) in [5.41, 5.74) is 7.76. The van der Waals surface area contributed by atoms with Crippen LogP contribution in [0, 0.1) is 0 Å². The van der Waals surface area contributed by atoms with Gasteiger partial charge in [-0.15, -0.1) is 24.8 Å². The summed E-state index contributed by atoms with van der Waals surface area (Å²) in [7, 11) is 0. The highest BCUT2D eigenvalue weighted by atomic mass is 35.5. The summed E-state index contributed by atoms with van der Waals surface area (Å²) < 4.78 is 5.75. The van der Waals surface area contributed by atoms with Crippen molar-refractivity contribution in [1.82, 2.24) is 15.2 Å². The van der Waals surface area contributed by atoms with E-state index in [0.717, 1.165) is 19.6 Å². The molecule has 1 amide bonds. The number of nitrogen functional groups attached to an aromatic ring is 1. The predicted molar refractivity (Wildman–Crippen MR) is 107 cm³/mol. The molecule has 1 aliphatic rings. The zero-order chi connectivity index (χ0) is 16.8. The molecule has 0 spiro atoms. The highest BCUT2D eigenvalue weighted by Gasteiger charge is 2.21. The number of morpholine rings is 1. The number of nitrogens with one attached hydrogen (secondary N) is 1. The van der Waals surface area contributed by atoms with E-state index in [0.29, 0.717) is 24.5 Å². The normalized spacial score (nSPS) is 16.8. The third-order valence-corrected chi connectivity index (χ3v) is 3.98. The van der Waals surface area contributed by atoms with Gasteiger partial charge in [-0.05, 0) is 17.7 Å². The van der Waals surface area contributed by atoms with E-state index < -0.39 is 0 Å². The van der Waals surface area contributed by atoms with E-state index in [1.54, 1.807) is 12.1 Å². The van der Waals surface area contributed by atoms with Gasteiger partial charge in [-0.3, -0.25) is 9.69 Å². The largest absolute Gasteiger partial charge is 0.397 e. The highest BCUT2D eigenvalue weighted by Crippen LogP contribution is 2.10. The van der Waals surface area contributed by atoms with Crippen molar-refractivity contribution in [1.29, 1.82) is 0 Å². The minimum Gasteiger partial charge on any atom is -0.397 e. The third kappa shape index (κ3) is 6.46. The molecule has 0 aliphatic carbocycles. The van der Waals surface area contributed by atoms with Gasteiger partial charge in [0.15, 0.2) is 0 Å². The smallest absolute Gasteiger partial charge is 0.269 e. The summed E-state index contributed by atoms with van der Waals surface area (Å²) in [5, 5.41) is 2.88. The fraction of sp³-hybridized carbons (Fsp3) is 0.333. The molecule has 1 aromatic carbocycles. The van der Waals surface area contributed by atoms with Crippen molar-refractivity contribution < 1.29 is 9.53 Å². The lowest BCUT2D eigenvalue weighted by atomic mass is 10.2. The molecular weight excluding hydrogens is 375 g/mol. The molecule has 3 N–H and O–H groups in total. The van der Waals surface area contributed by atoms with Crippen molar-refractivity contribution in [3.8, 4) is 0 Å². The van der Waals surface area contributed by atoms with Crippen LogP contribution in [0.5, 0.6) is 0 Å². The second-order valence-electron chi connectivity index (χ2n) is 5.90. The van der Waals surface area contributed by atoms with Crippen LogP contribution in [0.1, 0.15) is 16.1 Å². The molecule has 2 aromatic rings. The van der Waals surface area contributed by atoms with E-state index >= 15 is 0 Å². The van der Waals surface area contributed by atoms with Gasteiger partial charge in [-0.1, -0.05) is 30.3 Å². The van der Waals surface area contributed by atoms with Gasteiger partial charge in [-0.25, -0.2) is 4.98 Å². The summed E-state index contributed by atoms with van der Waals surface area (Å²) in [6.07, 6.45) is 1.47. The standard InChI is InChI=1S/C18H22N4O2.2ClH/c19-15-6-7-17(20-10-15)18(23)21-11-16-13-22(8-9-24-16)12-14-4-2-1-3-5-14;;/h1-7,10,16H,8-9,11-13,19H2,(H,21,23);2*1H. The third-order valence-electron chi connectivity index (χ3n) is 3.98.